The van der Waals surface area contributed by atoms with E-state index in [2.05, 4.69) is 5.32 Å². The van der Waals surface area contributed by atoms with Crippen LogP contribution in [-0.4, -0.2) is 35.9 Å². The number of fused-ring (bicyclic) bond motifs is 1. The number of amides is 2. The molecule has 7 heteroatoms. The third kappa shape index (κ3) is 3.62. The maximum Gasteiger partial charge on any atom is 0.256 e. The summed E-state index contributed by atoms with van der Waals surface area (Å²) >= 11 is 12.2. The quantitative estimate of drug-likeness (QED) is 0.834. The fourth-order valence-electron chi connectivity index (χ4n) is 3.59. The lowest BCUT2D eigenvalue weighted by atomic mass is 10.1. The van der Waals surface area contributed by atoms with Crippen LogP contribution in [0.4, 0.5) is 5.69 Å². The molecule has 4 rings (SSSR count). The van der Waals surface area contributed by atoms with E-state index < -0.39 is 6.04 Å². The van der Waals surface area contributed by atoms with Crippen molar-refractivity contribution in [3.05, 3.63) is 57.6 Å². The van der Waals surface area contributed by atoms with Crippen LogP contribution < -0.4 is 10.1 Å². The van der Waals surface area contributed by atoms with Gasteiger partial charge < -0.3 is 15.0 Å². The van der Waals surface area contributed by atoms with Gasteiger partial charge in [0.2, 0.25) is 5.91 Å². The number of carbonyl (C=O) groups is 2. The minimum absolute atomic E-state index is 0.196. The molecule has 0 aromatic heterocycles. The highest BCUT2D eigenvalue weighted by molar-refractivity contribution is 6.35. The largest absolute Gasteiger partial charge is 0.493 e. The van der Waals surface area contributed by atoms with Gasteiger partial charge >= 0.3 is 0 Å². The molecule has 2 heterocycles. The molecule has 1 atom stereocenters. The highest BCUT2D eigenvalue weighted by Crippen LogP contribution is 2.29. The Bertz CT molecular complexity index is 916. The van der Waals surface area contributed by atoms with Crippen LogP contribution in [0, 0.1) is 0 Å². The number of benzene rings is 2. The number of ether oxygens (including phenoxy) is 1. The zero-order valence-corrected chi connectivity index (χ0v) is 16.0. The molecule has 0 bridgehead atoms. The number of halogens is 2. The first kappa shape index (κ1) is 18.1. The Morgan fingerprint density at radius 2 is 2.00 bits per heavy atom. The van der Waals surface area contributed by atoms with Crippen molar-refractivity contribution >= 4 is 40.7 Å². The molecule has 2 aromatic carbocycles. The normalized spacial score (nSPS) is 18.1. The topological polar surface area (TPSA) is 58.6 Å². The summed E-state index contributed by atoms with van der Waals surface area (Å²) < 4.78 is 5.49. The number of hydrogen-bond donors (Lipinski definition) is 1. The second-order valence-corrected chi connectivity index (χ2v) is 7.53. The van der Waals surface area contributed by atoms with Crippen molar-refractivity contribution in [2.75, 3.05) is 18.5 Å². The maximum atomic E-state index is 12.9. The number of nitrogens with zero attached hydrogens (tertiary/aromatic N) is 1. The number of carbonyl (C=O) groups excluding carboxylic acids is 2. The van der Waals surface area contributed by atoms with Gasteiger partial charge in [0.25, 0.3) is 5.91 Å². The number of rotatable bonds is 3. The lowest BCUT2D eigenvalue weighted by molar-refractivity contribution is -0.119. The lowest BCUT2D eigenvalue weighted by Crippen LogP contribution is -2.43. The van der Waals surface area contributed by atoms with Crippen molar-refractivity contribution in [3.63, 3.8) is 0 Å². The van der Waals surface area contributed by atoms with Crippen LogP contribution in [0.2, 0.25) is 10.0 Å². The predicted molar refractivity (Wildman–Crippen MR) is 105 cm³/mol. The second-order valence-electron chi connectivity index (χ2n) is 6.69. The van der Waals surface area contributed by atoms with Crippen LogP contribution in [0.5, 0.6) is 5.75 Å². The van der Waals surface area contributed by atoms with Crippen molar-refractivity contribution < 1.29 is 14.3 Å². The van der Waals surface area contributed by atoms with Gasteiger partial charge in [0.05, 0.1) is 17.2 Å². The van der Waals surface area contributed by atoms with Crippen molar-refractivity contribution in [2.45, 2.75) is 25.3 Å². The number of anilines is 1. The zero-order chi connectivity index (χ0) is 19.0. The maximum absolute atomic E-state index is 12.9. The van der Waals surface area contributed by atoms with Crippen molar-refractivity contribution in [1.82, 2.24) is 4.90 Å². The first-order chi connectivity index (χ1) is 13.0. The minimum Gasteiger partial charge on any atom is -0.493 e. The van der Waals surface area contributed by atoms with Crippen molar-refractivity contribution in [3.8, 4) is 5.75 Å². The standard InChI is InChI=1S/C20H18Cl2N2O3/c21-13-3-5-16(22)15(11-13)20(26)24-8-1-2-17(24)19(25)23-14-4-6-18-12(10-14)7-9-27-18/h3-6,10-11,17H,1-2,7-9H2,(H,23,25)/t17-/m1/s1. The predicted octanol–water partition coefficient (Wildman–Crippen LogP) is 4.17. The van der Waals surface area contributed by atoms with Crippen molar-refractivity contribution in [2.24, 2.45) is 0 Å². The Balaban J connectivity index is 1.51. The Labute approximate surface area is 167 Å². The molecular formula is C20H18Cl2N2O3. The van der Waals surface area contributed by atoms with Crippen LogP contribution >= 0.6 is 23.2 Å². The molecule has 0 saturated carbocycles. The Kier molecular flexibility index (Phi) is 4.98. The summed E-state index contributed by atoms with van der Waals surface area (Å²) in [6.45, 7) is 1.18. The van der Waals surface area contributed by atoms with E-state index in [9.17, 15) is 9.59 Å². The molecule has 0 radical (unpaired) electrons. The SMILES string of the molecule is O=C(Nc1ccc2c(c1)CCO2)[C@H]1CCCN1C(=O)c1cc(Cl)ccc1Cl. The third-order valence-electron chi connectivity index (χ3n) is 4.93. The fraction of sp³-hybridized carbons (Fsp3) is 0.300. The van der Waals surface area contributed by atoms with E-state index in [1.54, 1.807) is 23.1 Å². The molecular weight excluding hydrogens is 387 g/mol. The summed E-state index contributed by atoms with van der Waals surface area (Å²) in [6, 6.07) is 9.84. The summed E-state index contributed by atoms with van der Waals surface area (Å²) in [4.78, 5) is 27.3. The molecule has 2 amide bonds. The van der Waals surface area contributed by atoms with Crippen LogP contribution in [0.1, 0.15) is 28.8 Å². The molecule has 1 fully saturated rings. The number of nitrogens with one attached hydrogen (secondary N) is 1. The number of hydrogen-bond acceptors (Lipinski definition) is 3. The molecule has 2 aliphatic rings. The molecule has 5 nitrogen and oxygen atoms in total. The van der Waals surface area contributed by atoms with Crippen LogP contribution in [0.3, 0.4) is 0 Å². The van der Waals surface area contributed by atoms with E-state index in [0.717, 1.165) is 24.2 Å². The van der Waals surface area contributed by atoms with E-state index >= 15 is 0 Å². The second kappa shape index (κ2) is 7.41. The van der Waals surface area contributed by atoms with Gasteiger partial charge in [-0.15, -0.1) is 0 Å². The Morgan fingerprint density at radius 3 is 2.85 bits per heavy atom. The minimum atomic E-state index is -0.531. The van der Waals surface area contributed by atoms with Gasteiger partial charge in [-0.3, -0.25) is 9.59 Å². The average Bonchev–Trinajstić information content (AvgIpc) is 3.31. The van der Waals surface area contributed by atoms with E-state index in [0.29, 0.717) is 40.9 Å². The highest BCUT2D eigenvalue weighted by Gasteiger charge is 2.35. The smallest absolute Gasteiger partial charge is 0.256 e. The molecule has 0 unspecified atom stereocenters. The van der Waals surface area contributed by atoms with Gasteiger partial charge in [-0.2, -0.15) is 0 Å². The molecule has 0 aliphatic carbocycles. The Morgan fingerprint density at radius 1 is 1.15 bits per heavy atom. The molecule has 2 aromatic rings. The monoisotopic (exact) mass is 404 g/mol. The molecule has 27 heavy (non-hydrogen) atoms. The first-order valence-electron chi connectivity index (χ1n) is 8.85. The summed E-state index contributed by atoms with van der Waals surface area (Å²) in [5.74, 6) is 0.390. The van der Waals surface area contributed by atoms with Gasteiger partial charge in [-0.25, -0.2) is 0 Å². The van der Waals surface area contributed by atoms with E-state index in [-0.39, 0.29) is 11.8 Å². The molecule has 140 valence electrons. The van der Waals surface area contributed by atoms with Crippen LogP contribution in [0.25, 0.3) is 0 Å². The molecule has 2 aliphatic heterocycles. The third-order valence-corrected chi connectivity index (χ3v) is 5.50. The van der Waals surface area contributed by atoms with Gasteiger partial charge in [0.15, 0.2) is 0 Å². The Hall–Kier alpha value is -2.24. The molecule has 1 saturated heterocycles. The molecule has 0 spiro atoms. The van der Waals surface area contributed by atoms with Crippen LogP contribution in [-0.2, 0) is 11.2 Å². The van der Waals surface area contributed by atoms with Gasteiger partial charge in [-0.05, 0) is 54.8 Å². The van der Waals surface area contributed by atoms with E-state index in [1.165, 1.54) is 0 Å². The summed E-state index contributed by atoms with van der Waals surface area (Å²) in [5.41, 5.74) is 2.11. The molecule has 1 N–H and O–H groups in total. The lowest BCUT2D eigenvalue weighted by Gasteiger charge is -2.24. The first-order valence-corrected chi connectivity index (χ1v) is 9.61. The van der Waals surface area contributed by atoms with Gasteiger partial charge in [0.1, 0.15) is 11.8 Å². The van der Waals surface area contributed by atoms with Gasteiger partial charge in [-0.1, -0.05) is 23.2 Å². The summed E-state index contributed by atoms with van der Waals surface area (Å²) in [5, 5.41) is 3.69. The number of likely N-dealkylation sites (tertiary alicyclic amines) is 1. The highest BCUT2D eigenvalue weighted by atomic mass is 35.5. The summed E-state index contributed by atoms with van der Waals surface area (Å²) in [7, 11) is 0. The average molecular weight is 405 g/mol. The van der Waals surface area contributed by atoms with Crippen LogP contribution in [0.15, 0.2) is 36.4 Å². The van der Waals surface area contributed by atoms with E-state index in [1.807, 2.05) is 18.2 Å². The zero-order valence-electron chi connectivity index (χ0n) is 14.5. The summed E-state index contributed by atoms with van der Waals surface area (Å²) in [6.07, 6.45) is 2.21. The van der Waals surface area contributed by atoms with Crippen molar-refractivity contribution in [1.29, 1.82) is 0 Å². The fourth-order valence-corrected chi connectivity index (χ4v) is 3.96. The van der Waals surface area contributed by atoms with E-state index in [4.69, 9.17) is 27.9 Å². The van der Waals surface area contributed by atoms with Gasteiger partial charge in [0, 0.05) is 23.7 Å².